The monoisotopic (exact) mass is 536 g/mol. The molecule has 1 saturated carbocycles. The van der Waals surface area contributed by atoms with Crippen molar-refractivity contribution in [1.82, 2.24) is 15.2 Å². The molecule has 8 heteroatoms. The van der Waals surface area contributed by atoms with Crippen molar-refractivity contribution in [2.24, 2.45) is 11.0 Å². The minimum Gasteiger partial charge on any atom is -0.496 e. The zero-order valence-corrected chi connectivity index (χ0v) is 22.4. The fraction of sp³-hybridized carbons (Fsp3) is 0.226. The predicted octanol–water partition coefficient (Wildman–Crippen LogP) is 6.66. The number of hydrogen-bond donors (Lipinski definition) is 0. The van der Waals surface area contributed by atoms with Crippen LogP contribution >= 0.6 is 11.8 Å². The van der Waals surface area contributed by atoms with Gasteiger partial charge in [0.05, 0.1) is 30.2 Å². The van der Waals surface area contributed by atoms with Gasteiger partial charge in [-0.1, -0.05) is 84.6 Å². The Labute approximate surface area is 231 Å². The van der Waals surface area contributed by atoms with E-state index < -0.39 is 0 Å². The van der Waals surface area contributed by atoms with Crippen LogP contribution in [0.1, 0.15) is 36.4 Å². The molecular weight excluding hydrogens is 508 g/mol. The van der Waals surface area contributed by atoms with Crippen molar-refractivity contribution in [3.63, 3.8) is 0 Å². The number of hydrazone groups is 1. The van der Waals surface area contributed by atoms with Crippen molar-refractivity contribution < 1.29 is 13.9 Å². The highest BCUT2D eigenvalue weighted by molar-refractivity contribution is 7.99. The Bertz CT molecular complexity index is 1520. The second-order valence-electron chi connectivity index (χ2n) is 9.52. The topological polar surface area (TPSA) is 80.8 Å². The number of carbonyl (C=O) groups is 1. The summed E-state index contributed by atoms with van der Waals surface area (Å²) in [4.78, 5) is 13.7. The summed E-state index contributed by atoms with van der Waals surface area (Å²) in [6, 6.07) is 27.8. The van der Waals surface area contributed by atoms with E-state index in [0.29, 0.717) is 22.4 Å². The van der Waals surface area contributed by atoms with Gasteiger partial charge in [-0.25, -0.2) is 5.01 Å². The summed E-state index contributed by atoms with van der Waals surface area (Å²) in [5.41, 5.74) is 5.18. The Hall–Kier alpha value is -4.17. The molecule has 39 heavy (non-hydrogen) atoms. The maximum atomic E-state index is 13.7. The molecule has 1 amide bonds. The van der Waals surface area contributed by atoms with E-state index in [4.69, 9.17) is 14.3 Å². The molecule has 1 aromatic heterocycles. The zero-order chi connectivity index (χ0) is 26.6. The van der Waals surface area contributed by atoms with Gasteiger partial charge in [-0.05, 0) is 54.2 Å². The van der Waals surface area contributed by atoms with Gasteiger partial charge in [0, 0.05) is 5.92 Å². The molecule has 6 rings (SSSR count). The molecule has 4 aromatic rings. The molecule has 2 heterocycles. The number of allylic oxidation sites excluding steroid dienone is 1. The van der Waals surface area contributed by atoms with E-state index in [0.717, 1.165) is 36.1 Å². The number of benzene rings is 3. The summed E-state index contributed by atoms with van der Waals surface area (Å²) in [6.07, 6.45) is 5.23. The van der Waals surface area contributed by atoms with Crippen LogP contribution in [0.15, 0.2) is 105 Å². The smallest absolute Gasteiger partial charge is 0.277 e. The van der Waals surface area contributed by atoms with Gasteiger partial charge in [0.15, 0.2) is 0 Å². The van der Waals surface area contributed by atoms with Crippen molar-refractivity contribution >= 4 is 29.5 Å². The fourth-order valence-electron chi connectivity index (χ4n) is 5.33. The molecule has 1 aliphatic carbocycles. The molecule has 0 bridgehead atoms. The van der Waals surface area contributed by atoms with E-state index in [1.54, 1.807) is 12.1 Å². The molecule has 1 aliphatic heterocycles. The van der Waals surface area contributed by atoms with Crippen LogP contribution in [0.3, 0.4) is 0 Å². The lowest BCUT2D eigenvalue weighted by atomic mass is 9.77. The standard InChI is InChI=1S/C31H28N4O3S/c1-37-26-18-9-8-16-24(26)30-32-33-31(38-30)39-20-27(36)35-29(22-13-6-3-7-14-22)25-17-10-15-23(28(25)34-35)19-21-11-4-2-5-12-21/h2-9,11-14,16,18-19,25,29H,10,15,17,20H2,1H3/b23-19-/t25-,29+/m1/s1. The molecule has 0 radical (unpaired) electrons. The third-order valence-corrected chi connectivity index (χ3v) is 7.90. The van der Waals surface area contributed by atoms with E-state index >= 15 is 0 Å². The minimum absolute atomic E-state index is 0.0909. The van der Waals surface area contributed by atoms with Crippen LogP contribution in [0, 0.1) is 5.92 Å². The average Bonchev–Trinajstić information content (AvgIpc) is 3.63. The molecule has 0 saturated heterocycles. The largest absolute Gasteiger partial charge is 0.496 e. The van der Waals surface area contributed by atoms with E-state index in [-0.39, 0.29) is 23.6 Å². The van der Waals surface area contributed by atoms with Gasteiger partial charge >= 0.3 is 0 Å². The predicted molar refractivity (Wildman–Crippen MR) is 152 cm³/mol. The molecule has 2 aliphatic rings. The first-order chi connectivity index (χ1) is 19.2. The lowest BCUT2D eigenvalue weighted by Gasteiger charge is -2.29. The van der Waals surface area contributed by atoms with Crippen LogP contribution in [0.25, 0.3) is 17.5 Å². The summed E-state index contributed by atoms with van der Waals surface area (Å²) < 4.78 is 11.3. The highest BCUT2D eigenvalue weighted by Gasteiger charge is 2.43. The Balaban J connectivity index is 1.25. The molecule has 196 valence electrons. The summed E-state index contributed by atoms with van der Waals surface area (Å²) >= 11 is 1.22. The van der Waals surface area contributed by atoms with Crippen molar-refractivity contribution in [2.75, 3.05) is 12.9 Å². The summed E-state index contributed by atoms with van der Waals surface area (Å²) in [5.74, 6) is 1.21. The van der Waals surface area contributed by atoms with E-state index in [1.807, 2.05) is 60.7 Å². The molecule has 3 aromatic carbocycles. The van der Waals surface area contributed by atoms with Crippen LogP contribution in [0.5, 0.6) is 5.75 Å². The SMILES string of the molecule is COc1ccccc1-c1nnc(SCC(=O)N2N=C3/C(=C\c4ccccc4)CCC[C@H]3[C@@H]2c2ccccc2)o1. The summed E-state index contributed by atoms with van der Waals surface area (Å²) in [5, 5.41) is 15.3. The average molecular weight is 537 g/mol. The Kier molecular flexibility index (Phi) is 7.27. The lowest BCUT2D eigenvalue weighted by molar-refractivity contribution is -0.130. The quantitative estimate of drug-likeness (QED) is 0.246. The normalized spacial score (nSPS) is 19.6. The van der Waals surface area contributed by atoms with Crippen LogP contribution in [0.2, 0.25) is 0 Å². The Morgan fingerprint density at radius 1 is 1.03 bits per heavy atom. The first kappa shape index (κ1) is 25.1. The molecule has 2 atom stereocenters. The van der Waals surface area contributed by atoms with Gasteiger partial charge in [-0.3, -0.25) is 4.79 Å². The summed E-state index contributed by atoms with van der Waals surface area (Å²) in [7, 11) is 1.60. The Morgan fingerprint density at radius 3 is 2.56 bits per heavy atom. The fourth-order valence-corrected chi connectivity index (χ4v) is 5.94. The van der Waals surface area contributed by atoms with Gasteiger partial charge in [0.2, 0.25) is 0 Å². The van der Waals surface area contributed by atoms with Crippen molar-refractivity contribution in [1.29, 1.82) is 0 Å². The number of nitrogens with zero attached hydrogens (tertiary/aromatic N) is 4. The zero-order valence-electron chi connectivity index (χ0n) is 21.6. The van der Waals surface area contributed by atoms with Gasteiger partial charge in [0.1, 0.15) is 5.75 Å². The minimum atomic E-state index is -0.138. The first-order valence-electron chi connectivity index (χ1n) is 13.0. The highest BCUT2D eigenvalue weighted by Crippen LogP contribution is 2.44. The van der Waals surface area contributed by atoms with Crippen LogP contribution in [-0.4, -0.2) is 39.7 Å². The molecule has 0 spiro atoms. The van der Waals surface area contributed by atoms with Gasteiger partial charge in [0.25, 0.3) is 17.0 Å². The molecule has 0 unspecified atom stereocenters. The van der Waals surface area contributed by atoms with E-state index in [9.17, 15) is 4.79 Å². The maximum absolute atomic E-state index is 13.7. The number of ether oxygens (including phenoxy) is 1. The van der Waals surface area contributed by atoms with Crippen LogP contribution < -0.4 is 4.74 Å². The number of thioether (sulfide) groups is 1. The first-order valence-corrected chi connectivity index (χ1v) is 14.0. The second-order valence-corrected chi connectivity index (χ2v) is 10.4. The number of methoxy groups -OCH3 is 1. The number of para-hydroxylation sites is 1. The molecular formula is C31H28N4O3S. The maximum Gasteiger partial charge on any atom is 0.277 e. The number of amides is 1. The highest BCUT2D eigenvalue weighted by atomic mass is 32.2. The van der Waals surface area contributed by atoms with Gasteiger partial charge < -0.3 is 9.15 Å². The number of aromatic nitrogens is 2. The number of fused-ring (bicyclic) bond motifs is 1. The van der Waals surface area contributed by atoms with Gasteiger partial charge in [-0.2, -0.15) is 5.10 Å². The third kappa shape index (κ3) is 5.25. The van der Waals surface area contributed by atoms with E-state index in [1.165, 1.54) is 17.3 Å². The Morgan fingerprint density at radius 2 is 1.77 bits per heavy atom. The van der Waals surface area contributed by atoms with Crippen molar-refractivity contribution in [3.8, 4) is 17.2 Å². The van der Waals surface area contributed by atoms with Crippen molar-refractivity contribution in [3.05, 3.63) is 102 Å². The van der Waals surface area contributed by atoms with Crippen molar-refractivity contribution in [2.45, 2.75) is 30.5 Å². The molecule has 7 nitrogen and oxygen atoms in total. The second kappa shape index (κ2) is 11.3. The number of carbonyl (C=O) groups excluding carboxylic acids is 1. The molecule has 1 fully saturated rings. The van der Waals surface area contributed by atoms with E-state index in [2.05, 4.69) is 40.5 Å². The number of hydrogen-bond acceptors (Lipinski definition) is 7. The summed E-state index contributed by atoms with van der Waals surface area (Å²) in [6.45, 7) is 0. The van der Waals surface area contributed by atoms with Crippen LogP contribution in [0.4, 0.5) is 0 Å². The van der Waals surface area contributed by atoms with Crippen LogP contribution in [-0.2, 0) is 4.79 Å². The third-order valence-electron chi connectivity index (χ3n) is 7.10. The molecule has 0 N–H and O–H groups in total. The number of rotatable bonds is 7. The lowest BCUT2D eigenvalue weighted by Crippen LogP contribution is -2.32. The van der Waals surface area contributed by atoms with Gasteiger partial charge in [-0.15, -0.1) is 10.2 Å².